The first kappa shape index (κ1) is 27.2. The minimum Gasteiger partial charge on any atom is -0.493 e. The molecule has 0 saturated heterocycles. The highest BCUT2D eigenvalue weighted by Crippen LogP contribution is 2.34. The lowest BCUT2D eigenvalue weighted by Gasteiger charge is -2.14. The first-order chi connectivity index (χ1) is 18.4. The van der Waals surface area contributed by atoms with E-state index in [1.165, 1.54) is 23.1 Å². The number of carbonyl (C=O) groups excluding carboxylic acids is 2. The number of carbonyl (C=O) groups is 2. The number of amides is 2. The Morgan fingerprint density at radius 1 is 0.974 bits per heavy atom. The number of thioether (sulfide) groups is 1. The number of methoxy groups -OCH3 is 2. The molecule has 0 saturated carbocycles. The van der Waals surface area contributed by atoms with Crippen LogP contribution in [-0.2, 0) is 4.79 Å². The number of aryl methyl sites for hydroxylation is 1. The van der Waals surface area contributed by atoms with Crippen molar-refractivity contribution in [1.29, 1.82) is 0 Å². The van der Waals surface area contributed by atoms with E-state index in [9.17, 15) is 9.59 Å². The van der Waals surface area contributed by atoms with Gasteiger partial charge in [0.25, 0.3) is 5.91 Å². The van der Waals surface area contributed by atoms with Crippen LogP contribution in [0, 0.1) is 6.92 Å². The normalized spacial score (nSPS) is 11.5. The smallest absolute Gasteiger partial charge is 0.255 e. The predicted molar refractivity (Wildman–Crippen MR) is 155 cm³/mol. The van der Waals surface area contributed by atoms with Gasteiger partial charge in [0.05, 0.1) is 25.2 Å². The summed E-state index contributed by atoms with van der Waals surface area (Å²) in [5, 5.41) is 7.98. The number of aromatic nitrogens is 1. The summed E-state index contributed by atoms with van der Waals surface area (Å²) in [6.45, 7) is 3.95. The third-order valence-electron chi connectivity index (χ3n) is 5.76. The number of benzene rings is 3. The molecule has 2 amide bonds. The largest absolute Gasteiger partial charge is 0.493 e. The molecule has 4 rings (SSSR count). The standard InChI is InChI=1S/C29H29N3O4S2/c1-5-26(38-22-8-6-7-21(16-22)30-27(33)19-11-9-18(2)10-12-19)28(34)32-29-31-23(17-37-29)20-13-14-24(35-3)25(15-20)36-4/h6-17,26H,5H2,1-4H3,(H,30,33)(H,31,32,34). The number of anilines is 2. The van der Waals surface area contributed by atoms with Crippen LogP contribution in [0.3, 0.4) is 0 Å². The Labute approximate surface area is 230 Å². The van der Waals surface area contributed by atoms with Gasteiger partial charge in [-0.15, -0.1) is 23.1 Å². The average Bonchev–Trinajstić information content (AvgIpc) is 3.40. The zero-order valence-electron chi connectivity index (χ0n) is 21.6. The van der Waals surface area contributed by atoms with Gasteiger partial charge in [-0.25, -0.2) is 4.98 Å². The number of thiazole rings is 1. The molecule has 0 fully saturated rings. The maximum atomic E-state index is 13.1. The second-order valence-corrected chi connectivity index (χ2v) is 10.6. The van der Waals surface area contributed by atoms with Gasteiger partial charge in [-0.3, -0.25) is 9.59 Å². The molecule has 1 heterocycles. The molecule has 2 N–H and O–H groups in total. The van der Waals surface area contributed by atoms with Gasteiger partial charge in [0.2, 0.25) is 5.91 Å². The van der Waals surface area contributed by atoms with E-state index < -0.39 is 0 Å². The molecule has 0 bridgehead atoms. The van der Waals surface area contributed by atoms with Crippen LogP contribution < -0.4 is 20.1 Å². The fourth-order valence-corrected chi connectivity index (χ4v) is 5.42. The van der Waals surface area contributed by atoms with E-state index in [0.29, 0.717) is 34.3 Å². The molecule has 196 valence electrons. The Balaban J connectivity index is 1.40. The number of hydrogen-bond donors (Lipinski definition) is 2. The zero-order chi connectivity index (χ0) is 27.1. The van der Waals surface area contributed by atoms with Crippen LogP contribution in [-0.4, -0.2) is 36.3 Å². The lowest BCUT2D eigenvalue weighted by atomic mass is 10.1. The van der Waals surface area contributed by atoms with Crippen LogP contribution in [0.5, 0.6) is 11.5 Å². The van der Waals surface area contributed by atoms with Crippen LogP contribution in [0.15, 0.2) is 77.0 Å². The number of nitrogens with one attached hydrogen (secondary N) is 2. The SMILES string of the molecule is CCC(Sc1cccc(NC(=O)c2ccc(C)cc2)c1)C(=O)Nc1nc(-c2ccc(OC)c(OC)c2)cs1. The molecular formula is C29H29N3O4S2. The minimum absolute atomic E-state index is 0.125. The quantitative estimate of drug-likeness (QED) is 0.210. The summed E-state index contributed by atoms with van der Waals surface area (Å²) in [7, 11) is 3.18. The average molecular weight is 548 g/mol. The third-order valence-corrected chi connectivity index (χ3v) is 7.88. The Bertz CT molecular complexity index is 1420. The van der Waals surface area contributed by atoms with Crippen LogP contribution >= 0.6 is 23.1 Å². The van der Waals surface area contributed by atoms with Crippen molar-refractivity contribution >= 4 is 45.7 Å². The fourth-order valence-electron chi connectivity index (χ4n) is 3.69. The first-order valence-corrected chi connectivity index (χ1v) is 13.8. The number of rotatable bonds is 10. The summed E-state index contributed by atoms with van der Waals surface area (Å²) in [4.78, 5) is 31.2. The van der Waals surface area contributed by atoms with Gasteiger partial charge in [0.15, 0.2) is 16.6 Å². The van der Waals surface area contributed by atoms with E-state index in [2.05, 4.69) is 15.6 Å². The van der Waals surface area contributed by atoms with Crippen LogP contribution in [0.4, 0.5) is 10.8 Å². The summed E-state index contributed by atoms with van der Waals surface area (Å²) in [6, 6.07) is 20.5. The van der Waals surface area contributed by atoms with Gasteiger partial charge in [0.1, 0.15) is 0 Å². The van der Waals surface area contributed by atoms with E-state index >= 15 is 0 Å². The number of ether oxygens (including phenoxy) is 2. The van der Waals surface area contributed by atoms with Crippen LogP contribution in [0.1, 0.15) is 29.3 Å². The predicted octanol–water partition coefficient (Wildman–Crippen LogP) is 6.90. The van der Waals surface area contributed by atoms with E-state index in [1.807, 2.05) is 73.8 Å². The van der Waals surface area contributed by atoms with Gasteiger partial charge < -0.3 is 20.1 Å². The highest BCUT2D eigenvalue weighted by Gasteiger charge is 2.20. The van der Waals surface area contributed by atoms with E-state index in [-0.39, 0.29) is 17.1 Å². The van der Waals surface area contributed by atoms with Gasteiger partial charge >= 0.3 is 0 Å². The Morgan fingerprint density at radius 2 is 1.74 bits per heavy atom. The van der Waals surface area contributed by atoms with Crippen molar-refractivity contribution in [2.75, 3.05) is 24.9 Å². The van der Waals surface area contributed by atoms with Crippen molar-refractivity contribution in [2.24, 2.45) is 0 Å². The molecule has 9 heteroatoms. The van der Waals surface area contributed by atoms with Gasteiger partial charge in [-0.1, -0.05) is 30.7 Å². The van der Waals surface area contributed by atoms with Crippen molar-refractivity contribution in [2.45, 2.75) is 30.4 Å². The number of nitrogens with zero attached hydrogens (tertiary/aromatic N) is 1. The molecule has 1 aromatic heterocycles. The third kappa shape index (κ3) is 6.73. The molecule has 1 unspecified atom stereocenters. The summed E-state index contributed by atoms with van der Waals surface area (Å²) < 4.78 is 10.7. The molecule has 7 nitrogen and oxygen atoms in total. The van der Waals surface area contributed by atoms with Crippen LogP contribution in [0.2, 0.25) is 0 Å². The summed E-state index contributed by atoms with van der Waals surface area (Å²) in [5.74, 6) is 0.954. The first-order valence-electron chi connectivity index (χ1n) is 12.0. The van der Waals surface area contributed by atoms with Crippen molar-refractivity contribution in [3.8, 4) is 22.8 Å². The second-order valence-electron chi connectivity index (χ2n) is 8.46. The molecular weight excluding hydrogens is 518 g/mol. The van der Waals surface area contributed by atoms with Crippen molar-refractivity contribution in [1.82, 2.24) is 4.98 Å². The topological polar surface area (TPSA) is 89.6 Å². The summed E-state index contributed by atoms with van der Waals surface area (Å²) in [6.07, 6.45) is 0.629. The summed E-state index contributed by atoms with van der Waals surface area (Å²) >= 11 is 2.82. The molecule has 1 atom stereocenters. The molecule has 0 radical (unpaired) electrons. The van der Waals surface area contributed by atoms with Gasteiger partial charge in [-0.05, 0) is 61.9 Å². The Kier molecular flexibility index (Phi) is 9.04. The van der Waals surface area contributed by atoms with Crippen molar-refractivity contribution in [3.63, 3.8) is 0 Å². The molecule has 4 aromatic rings. The van der Waals surface area contributed by atoms with Crippen molar-refractivity contribution in [3.05, 3.63) is 83.2 Å². The van der Waals surface area contributed by atoms with E-state index in [4.69, 9.17) is 9.47 Å². The molecule has 0 spiro atoms. The Hall–Kier alpha value is -3.82. The number of hydrogen-bond acceptors (Lipinski definition) is 7. The molecule has 0 aliphatic heterocycles. The lowest BCUT2D eigenvalue weighted by molar-refractivity contribution is -0.115. The van der Waals surface area contributed by atoms with Gasteiger partial charge in [0, 0.05) is 27.1 Å². The highest BCUT2D eigenvalue weighted by molar-refractivity contribution is 8.00. The lowest BCUT2D eigenvalue weighted by Crippen LogP contribution is -2.24. The minimum atomic E-state index is -0.327. The second kappa shape index (κ2) is 12.6. The molecule has 0 aliphatic carbocycles. The van der Waals surface area contributed by atoms with Gasteiger partial charge in [-0.2, -0.15) is 0 Å². The van der Waals surface area contributed by atoms with E-state index in [0.717, 1.165) is 21.7 Å². The Morgan fingerprint density at radius 3 is 2.45 bits per heavy atom. The zero-order valence-corrected chi connectivity index (χ0v) is 23.2. The van der Waals surface area contributed by atoms with Crippen molar-refractivity contribution < 1.29 is 19.1 Å². The molecule has 38 heavy (non-hydrogen) atoms. The maximum Gasteiger partial charge on any atom is 0.255 e. The van der Waals surface area contributed by atoms with E-state index in [1.54, 1.807) is 26.4 Å². The molecule has 0 aliphatic rings. The monoisotopic (exact) mass is 547 g/mol. The van der Waals surface area contributed by atoms with Crippen LogP contribution in [0.25, 0.3) is 11.3 Å². The highest BCUT2D eigenvalue weighted by atomic mass is 32.2. The molecule has 3 aromatic carbocycles. The summed E-state index contributed by atoms with van der Waals surface area (Å²) in [5.41, 5.74) is 3.97. The maximum absolute atomic E-state index is 13.1. The fraction of sp³-hybridized carbons (Fsp3) is 0.207.